The van der Waals surface area contributed by atoms with Crippen LogP contribution in [0.3, 0.4) is 0 Å². The lowest BCUT2D eigenvalue weighted by Crippen LogP contribution is -2.45. The molecule has 0 aliphatic carbocycles. The number of halogens is 2. The van der Waals surface area contributed by atoms with Crippen LogP contribution in [0.4, 0.5) is 0 Å². The molecule has 0 saturated carbocycles. The van der Waals surface area contributed by atoms with E-state index >= 15 is 0 Å². The van der Waals surface area contributed by atoms with Gasteiger partial charge in [-0.1, -0.05) is 35.9 Å². The summed E-state index contributed by atoms with van der Waals surface area (Å²) in [5.41, 5.74) is 1.24. The second-order valence-electron chi connectivity index (χ2n) is 4.95. The van der Waals surface area contributed by atoms with Crippen molar-refractivity contribution in [2.45, 2.75) is 22.0 Å². The van der Waals surface area contributed by atoms with Crippen molar-refractivity contribution in [3.63, 3.8) is 0 Å². The number of hydrogen-bond acceptors (Lipinski definition) is 3. The molecule has 0 spiro atoms. The molecule has 2 aromatic carbocycles. The van der Waals surface area contributed by atoms with Gasteiger partial charge >= 0.3 is 0 Å². The number of amides is 1. The van der Waals surface area contributed by atoms with Crippen LogP contribution in [-0.2, 0) is 9.84 Å². The molecule has 0 heterocycles. The Bertz CT molecular complexity index is 775. The highest BCUT2D eigenvalue weighted by Crippen LogP contribution is 2.22. The van der Waals surface area contributed by atoms with Gasteiger partial charge in [0.25, 0.3) is 5.91 Å². The van der Waals surface area contributed by atoms with E-state index in [2.05, 4.69) is 5.32 Å². The predicted octanol–water partition coefficient (Wildman–Crippen LogP) is 3.33. The van der Waals surface area contributed by atoms with Crippen molar-refractivity contribution in [1.82, 2.24) is 5.32 Å². The van der Waals surface area contributed by atoms with Gasteiger partial charge in [0.1, 0.15) is 4.84 Å². The molecule has 0 fully saturated rings. The number of hydrogen-bond donors (Lipinski definition) is 1. The number of nitrogens with one attached hydrogen (secondary N) is 1. The van der Waals surface area contributed by atoms with Crippen LogP contribution in [0, 0.1) is 6.92 Å². The number of carbonyl (C=O) groups is 1. The van der Waals surface area contributed by atoms with Gasteiger partial charge in [-0.15, -0.1) is 23.2 Å². The lowest BCUT2D eigenvalue weighted by molar-refractivity contribution is 0.0949. The molecule has 0 bridgehead atoms. The van der Waals surface area contributed by atoms with Gasteiger partial charge in [0, 0.05) is 5.56 Å². The average Bonchev–Trinajstić information content (AvgIpc) is 2.53. The second-order valence-corrected chi connectivity index (χ2v) is 8.19. The van der Waals surface area contributed by atoms with Gasteiger partial charge in [-0.2, -0.15) is 0 Å². The van der Waals surface area contributed by atoms with E-state index in [1.165, 1.54) is 12.1 Å². The van der Waals surface area contributed by atoms with Crippen molar-refractivity contribution < 1.29 is 13.2 Å². The molecular formula is C16H15Cl2NO3S. The SMILES string of the molecule is Cc1ccc(S(=O)(=O)[C@@H](NC(=O)c2ccccc2)C(Cl)Cl)cc1. The molecule has 0 radical (unpaired) electrons. The van der Waals surface area contributed by atoms with Crippen molar-refractivity contribution in [1.29, 1.82) is 0 Å². The Morgan fingerprint density at radius 1 is 1.00 bits per heavy atom. The summed E-state index contributed by atoms with van der Waals surface area (Å²) in [6.45, 7) is 1.84. The molecule has 0 aromatic heterocycles. The number of rotatable bonds is 5. The van der Waals surface area contributed by atoms with Crippen molar-refractivity contribution in [2.24, 2.45) is 0 Å². The van der Waals surface area contributed by atoms with Gasteiger partial charge in [0.15, 0.2) is 5.37 Å². The Kier molecular flexibility index (Phi) is 5.68. The molecule has 0 aliphatic rings. The van der Waals surface area contributed by atoms with E-state index in [-0.39, 0.29) is 4.90 Å². The molecule has 2 aromatic rings. The fourth-order valence-electron chi connectivity index (χ4n) is 1.95. The zero-order valence-corrected chi connectivity index (χ0v) is 14.6. The number of sulfone groups is 1. The summed E-state index contributed by atoms with van der Waals surface area (Å²) in [5, 5.41) is 0.952. The standard InChI is InChI=1S/C16H15Cl2NO3S/c1-11-7-9-13(10-8-11)23(21,22)16(14(17)18)19-15(20)12-5-3-2-4-6-12/h2-10,14,16H,1H3,(H,19,20)/t16-/m1/s1. The molecule has 1 atom stereocenters. The third-order valence-corrected chi connectivity index (χ3v) is 6.01. The Hall–Kier alpha value is -1.56. The zero-order chi connectivity index (χ0) is 17.0. The normalized spacial score (nSPS) is 12.9. The van der Waals surface area contributed by atoms with Crippen LogP contribution >= 0.6 is 23.2 Å². The molecular weight excluding hydrogens is 357 g/mol. The number of carbonyl (C=O) groups excluding carboxylic acids is 1. The number of aryl methyl sites for hydroxylation is 1. The van der Waals surface area contributed by atoms with Crippen molar-refractivity contribution in [3.05, 3.63) is 65.7 Å². The van der Waals surface area contributed by atoms with Crippen molar-refractivity contribution >= 4 is 38.9 Å². The first-order valence-corrected chi connectivity index (χ1v) is 9.19. The van der Waals surface area contributed by atoms with E-state index in [1.54, 1.807) is 42.5 Å². The third-order valence-electron chi connectivity index (χ3n) is 3.22. The summed E-state index contributed by atoms with van der Waals surface area (Å²) in [6, 6.07) is 14.5. The van der Waals surface area contributed by atoms with Gasteiger partial charge in [-0.25, -0.2) is 8.42 Å². The maximum Gasteiger partial charge on any atom is 0.252 e. The molecule has 2 rings (SSSR count). The molecule has 4 nitrogen and oxygen atoms in total. The quantitative estimate of drug-likeness (QED) is 0.819. The molecule has 1 N–H and O–H groups in total. The summed E-state index contributed by atoms with van der Waals surface area (Å²) in [7, 11) is -3.92. The van der Waals surface area contributed by atoms with Gasteiger partial charge in [-0.05, 0) is 31.2 Å². The minimum absolute atomic E-state index is 0.0489. The maximum atomic E-state index is 12.7. The lowest BCUT2D eigenvalue weighted by atomic mass is 10.2. The van der Waals surface area contributed by atoms with Crippen LogP contribution in [0.2, 0.25) is 0 Å². The van der Waals surface area contributed by atoms with E-state index in [4.69, 9.17) is 23.2 Å². The minimum atomic E-state index is -3.92. The predicted molar refractivity (Wildman–Crippen MR) is 91.6 cm³/mol. The first kappa shape index (κ1) is 17.8. The fourth-order valence-corrected chi connectivity index (χ4v) is 4.23. The number of alkyl halides is 2. The van der Waals surface area contributed by atoms with Gasteiger partial charge in [0.05, 0.1) is 4.90 Å². The Morgan fingerprint density at radius 2 is 1.57 bits per heavy atom. The smallest absolute Gasteiger partial charge is 0.252 e. The third kappa shape index (κ3) is 4.25. The van der Waals surface area contributed by atoms with E-state index in [9.17, 15) is 13.2 Å². The summed E-state index contributed by atoms with van der Waals surface area (Å²) in [5.74, 6) is -0.558. The summed E-state index contributed by atoms with van der Waals surface area (Å²) < 4.78 is 25.3. The first-order chi connectivity index (χ1) is 10.8. The first-order valence-electron chi connectivity index (χ1n) is 6.77. The molecule has 0 unspecified atom stereocenters. The summed E-state index contributed by atoms with van der Waals surface area (Å²) >= 11 is 11.6. The molecule has 0 aliphatic heterocycles. The van der Waals surface area contributed by atoms with E-state index in [0.717, 1.165) is 5.56 Å². The average molecular weight is 372 g/mol. The highest BCUT2D eigenvalue weighted by atomic mass is 35.5. The highest BCUT2D eigenvalue weighted by Gasteiger charge is 2.34. The molecule has 122 valence electrons. The molecule has 7 heteroatoms. The van der Waals surface area contributed by atoms with E-state index in [1.807, 2.05) is 6.92 Å². The van der Waals surface area contributed by atoms with E-state index in [0.29, 0.717) is 5.56 Å². The highest BCUT2D eigenvalue weighted by molar-refractivity contribution is 7.92. The van der Waals surface area contributed by atoms with Gasteiger partial charge in [0.2, 0.25) is 9.84 Å². The van der Waals surface area contributed by atoms with Crippen molar-refractivity contribution in [3.8, 4) is 0 Å². The topological polar surface area (TPSA) is 63.2 Å². The van der Waals surface area contributed by atoms with E-state index < -0.39 is 26.0 Å². The van der Waals surface area contributed by atoms with Gasteiger partial charge in [-0.3, -0.25) is 4.79 Å². The molecule has 23 heavy (non-hydrogen) atoms. The van der Waals surface area contributed by atoms with Crippen LogP contribution in [0.1, 0.15) is 15.9 Å². The van der Waals surface area contributed by atoms with Gasteiger partial charge < -0.3 is 5.32 Å². The summed E-state index contributed by atoms with van der Waals surface area (Å²) in [6.07, 6.45) is 0. The maximum absolute atomic E-state index is 12.7. The Labute approximate surface area is 145 Å². The van der Waals surface area contributed by atoms with Crippen LogP contribution in [-0.4, -0.2) is 24.5 Å². The number of benzene rings is 2. The second kappa shape index (κ2) is 7.34. The van der Waals surface area contributed by atoms with Crippen molar-refractivity contribution in [2.75, 3.05) is 0 Å². The fraction of sp³-hybridized carbons (Fsp3) is 0.188. The minimum Gasteiger partial charge on any atom is -0.333 e. The molecule has 1 amide bonds. The van der Waals surface area contributed by atoms with Crippen LogP contribution in [0.15, 0.2) is 59.5 Å². The van der Waals surface area contributed by atoms with Crippen LogP contribution < -0.4 is 5.32 Å². The molecule has 0 saturated heterocycles. The van der Waals surface area contributed by atoms with Crippen LogP contribution in [0.5, 0.6) is 0 Å². The monoisotopic (exact) mass is 371 g/mol. The lowest BCUT2D eigenvalue weighted by Gasteiger charge is -2.20. The van der Waals surface area contributed by atoms with Crippen LogP contribution in [0.25, 0.3) is 0 Å². The Balaban J connectivity index is 2.31. The Morgan fingerprint density at radius 3 is 2.09 bits per heavy atom. The summed E-state index contributed by atoms with van der Waals surface area (Å²) in [4.78, 5) is 10.9. The largest absolute Gasteiger partial charge is 0.333 e. The zero-order valence-electron chi connectivity index (χ0n) is 12.2.